The van der Waals surface area contributed by atoms with E-state index in [4.69, 9.17) is 4.74 Å². The molecule has 2 aromatic rings. The van der Waals surface area contributed by atoms with Gasteiger partial charge in [-0.25, -0.2) is 9.48 Å². The number of imide groups is 1. The van der Waals surface area contributed by atoms with E-state index in [9.17, 15) is 9.59 Å². The van der Waals surface area contributed by atoms with Gasteiger partial charge in [0.25, 0.3) is 5.91 Å². The van der Waals surface area contributed by atoms with Crippen molar-refractivity contribution in [2.24, 2.45) is 0 Å². The molecule has 3 rings (SSSR count). The van der Waals surface area contributed by atoms with E-state index in [-0.39, 0.29) is 18.0 Å². The molecule has 0 radical (unpaired) electrons. The van der Waals surface area contributed by atoms with Gasteiger partial charge >= 0.3 is 6.03 Å². The Morgan fingerprint density at radius 2 is 2.11 bits per heavy atom. The van der Waals surface area contributed by atoms with Crippen LogP contribution in [0.3, 0.4) is 0 Å². The van der Waals surface area contributed by atoms with Crippen molar-refractivity contribution in [1.29, 1.82) is 0 Å². The van der Waals surface area contributed by atoms with E-state index in [1.165, 1.54) is 4.90 Å². The van der Waals surface area contributed by atoms with Gasteiger partial charge in [0.1, 0.15) is 11.8 Å². The molecule has 0 saturated carbocycles. The lowest BCUT2D eigenvalue weighted by atomic mass is 10.1. The van der Waals surface area contributed by atoms with Gasteiger partial charge in [-0.3, -0.25) is 9.69 Å². The predicted molar refractivity (Wildman–Crippen MR) is 99.5 cm³/mol. The second kappa shape index (κ2) is 8.20. The van der Waals surface area contributed by atoms with Gasteiger partial charge in [0, 0.05) is 25.2 Å². The third-order valence-electron chi connectivity index (χ3n) is 4.59. The molecule has 8 nitrogen and oxygen atoms in total. The smallest absolute Gasteiger partial charge is 0.324 e. The summed E-state index contributed by atoms with van der Waals surface area (Å²) in [5.41, 5.74) is 1.81. The molecule has 1 aromatic carbocycles. The van der Waals surface area contributed by atoms with Crippen LogP contribution < -0.4 is 10.1 Å². The first kappa shape index (κ1) is 18.9. The summed E-state index contributed by atoms with van der Waals surface area (Å²) in [5.74, 6) is 0.599. The number of rotatable bonds is 8. The molecule has 1 aliphatic rings. The molecule has 2 heterocycles. The maximum Gasteiger partial charge on any atom is 0.324 e. The van der Waals surface area contributed by atoms with Gasteiger partial charge in [0.15, 0.2) is 0 Å². The van der Waals surface area contributed by atoms with Crippen molar-refractivity contribution in [3.8, 4) is 5.75 Å². The molecule has 1 fully saturated rings. The van der Waals surface area contributed by atoms with Crippen LogP contribution in [0.25, 0.3) is 0 Å². The number of ether oxygens (including phenoxy) is 1. The highest BCUT2D eigenvalue weighted by molar-refractivity contribution is 6.04. The Hall–Kier alpha value is -2.90. The number of nitrogens with zero attached hydrogens (tertiary/aromatic N) is 4. The van der Waals surface area contributed by atoms with E-state index in [1.807, 2.05) is 44.3 Å². The Balaban J connectivity index is 1.54. The minimum atomic E-state index is -0.577. The largest absolute Gasteiger partial charge is 0.497 e. The van der Waals surface area contributed by atoms with Gasteiger partial charge in [-0.15, -0.1) is 5.10 Å². The van der Waals surface area contributed by atoms with Gasteiger partial charge in [0.05, 0.1) is 12.8 Å². The van der Waals surface area contributed by atoms with E-state index in [0.717, 1.165) is 17.7 Å². The molecule has 1 saturated heterocycles. The van der Waals surface area contributed by atoms with Gasteiger partial charge in [-0.05, 0) is 44.4 Å². The van der Waals surface area contributed by atoms with Crippen molar-refractivity contribution in [2.75, 3.05) is 13.7 Å². The van der Waals surface area contributed by atoms with Crippen molar-refractivity contribution in [1.82, 2.24) is 25.2 Å². The minimum Gasteiger partial charge on any atom is -0.497 e. The minimum absolute atomic E-state index is 0.202. The van der Waals surface area contributed by atoms with Crippen molar-refractivity contribution >= 4 is 11.9 Å². The zero-order valence-corrected chi connectivity index (χ0v) is 15.9. The Labute approximate surface area is 158 Å². The molecular weight excluding hydrogens is 346 g/mol. The zero-order valence-electron chi connectivity index (χ0n) is 15.9. The quantitative estimate of drug-likeness (QED) is 0.717. The molecule has 1 aromatic heterocycles. The summed E-state index contributed by atoms with van der Waals surface area (Å²) in [6.45, 7) is 4.40. The normalized spacial score (nSPS) is 16.9. The molecule has 0 unspecified atom stereocenters. The summed E-state index contributed by atoms with van der Waals surface area (Å²) < 4.78 is 6.95. The number of aryl methyl sites for hydroxylation is 1. The Morgan fingerprint density at radius 3 is 2.81 bits per heavy atom. The number of benzene rings is 1. The van der Waals surface area contributed by atoms with E-state index < -0.39 is 6.04 Å². The van der Waals surface area contributed by atoms with E-state index in [1.54, 1.807) is 11.8 Å². The fourth-order valence-electron chi connectivity index (χ4n) is 3.06. The molecule has 144 valence electrons. The van der Waals surface area contributed by atoms with Crippen molar-refractivity contribution in [3.63, 3.8) is 0 Å². The fraction of sp³-hybridized carbons (Fsp3) is 0.474. The van der Waals surface area contributed by atoms with Crippen molar-refractivity contribution in [2.45, 2.75) is 45.2 Å². The number of hydrogen-bond acceptors (Lipinski definition) is 5. The second-order valence-corrected chi connectivity index (χ2v) is 6.93. The van der Waals surface area contributed by atoms with Crippen molar-refractivity contribution < 1.29 is 14.3 Å². The van der Waals surface area contributed by atoms with Crippen LogP contribution in [0.1, 0.15) is 37.6 Å². The number of aromatic nitrogens is 3. The lowest BCUT2D eigenvalue weighted by molar-refractivity contribution is -0.127. The number of hydrogen-bond donors (Lipinski definition) is 1. The van der Waals surface area contributed by atoms with Crippen LogP contribution in [0, 0.1) is 0 Å². The van der Waals surface area contributed by atoms with Gasteiger partial charge in [-0.2, -0.15) is 0 Å². The maximum absolute atomic E-state index is 12.6. The standard InChI is InChI=1S/C19H25N5O3/c1-13(2)24-12-15(21-22-24)11-17-18(25)23(19(26)20-17)9-5-7-14-6-4-8-16(10-14)27-3/h4,6,8,10,12-13,17H,5,7,9,11H2,1-3H3,(H,20,26)/t17-/m1/s1. The number of carbonyl (C=O) groups is 2. The Bertz CT molecular complexity index is 817. The summed E-state index contributed by atoms with van der Waals surface area (Å²) >= 11 is 0. The molecule has 0 spiro atoms. The lowest BCUT2D eigenvalue weighted by Crippen LogP contribution is -2.33. The Morgan fingerprint density at radius 1 is 1.30 bits per heavy atom. The van der Waals surface area contributed by atoms with Crippen LogP contribution >= 0.6 is 0 Å². The SMILES string of the molecule is COc1cccc(CCCN2C(=O)N[C@H](Cc3cn(C(C)C)nn3)C2=O)c1. The van der Waals surface area contributed by atoms with Gasteiger partial charge in [0.2, 0.25) is 0 Å². The van der Waals surface area contributed by atoms with Crippen molar-refractivity contribution in [3.05, 3.63) is 41.7 Å². The summed E-state index contributed by atoms with van der Waals surface area (Å²) in [6, 6.07) is 7.08. The topological polar surface area (TPSA) is 89.3 Å². The molecule has 1 atom stereocenters. The number of urea groups is 1. The van der Waals surface area contributed by atoms with Crippen LogP contribution in [0.2, 0.25) is 0 Å². The molecule has 8 heteroatoms. The average molecular weight is 371 g/mol. The third kappa shape index (κ3) is 4.45. The summed E-state index contributed by atoms with van der Waals surface area (Å²) in [6.07, 6.45) is 3.63. The van der Waals surface area contributed by atoms with Crippen LogP contribution in [0.15, 0.2) is 30.5 Å². The van der Waals surface area contributed by atoms with E-state index in [0.29, 0.717) is 25.1 Å². The van der Waals surface area contributed by atoms with E-state index >= 15 is 0 Å². The van der Waals surface area contributed by atoms with Crippen LogP contribution in [-0.4, -0.2) is 51.5 Å². The highest BCUT2D eigenvalue weighted by Crippen LogP contribution is 2.16. The first-order valence-corrected chi connectivity index (χ1v) is 9.13. The average Bonchev–Trinajstić information content (AvgIpc) is 3.22. The maximum atomic E-state index is 12.6. The number of carbonyl (C=O) groups excluding carboxylic acids is 2. The number of amides is 3. The third-order valence-corrected chi connectivity index (χ3v) is 4.59. The van der Waals surface area contributed by atoms with E-state index in [2.05, 4.69) is 15.6 Å². The monoisotopic (exact) mass is 371 g/mol. The van der Waals surface area contributed by atoms with Crippen LogP contribution in [0.5, 0.6) is 5.75 Å². The second-order valence-electron chi connectivity index (χ2n) is 6.93. The summed E-state index contributed by atoms with van der Waals surface area (Å²) in [4.78, 5) is 26.0. The van der Waals surface area contributed by atoms with Crippen LogP contribution in [-0.2, 0) is 17.6 Å². The Kier molecular flexibility index (Phi) is 5.73. The molecule has 0 aliphatic carbocycles. The number of nitrogens with one attached hydrogen (secondary N) is 1. The number of methoxy groups -OCH3 is 1. The first-order chi connectivity index (χ1) is 13.0. The molecule has 0 bridgehead atoms. The lowest BCUT2D eigenvalue weighted by Gasteiger charge is -2.13. The van der Waals surface area contributed by atoms with Gasteiger partial charge < -0.3 is 10.1 Å². The molecule has 1 aliphatic heterocycles. The summed E-state index contributed by atoms with van der Waals surface area (Å²) in [7, 11) is 1.63. The molecule has 1 N–H and O–H groups in total. The zero-order chi connectivity index (χ0) is 19.4. The van der Waals surface area contributed by atoms with Crippen LogP contribution in [0.4, 0.5) is 4.79 Å². The first-order valence-electron chi connectivity index (χ1n) is 9.13. The fourth-order valence-corrected chi connectivity index (χ4v) is 3.06. The highest BCUT2D eigenvalue weighted by atomic mass is 16.5. The van der Waals surface area contributed by atoms with Gasteiger partial charge in [-0.1, -0.05) is 17.3 Å². The predicted octanol–water partition coefficient (Wildman–Crippen LogP) is 1.96. The summed E-state index contributed by atoms with van der Waals surface area (Å²) in [5, 5.41) is 10.9. The molecular formula is C19H25N5O3. The highest BCUT2D eigenvalue weighted by Gasteiger charge is 2.37. The molecule has 27 heavy (non-hydrogen) atoms. The molecule has 3 amide bonds.